The van der Waals surface area contributed by atoms with Crippen molar-refractivity contribution in [3.05, 3.63) is 5.89 Å². The van der Waals surface area contributed by atoms with E-state index in [1.165, 1.54) is 0 Å². The molecule has 2 rings (SSSR count). The van der Waals surface area contributed by atoms with Crippen LogP contribution in [-0.2, 0) is 16.4 Å². The highest BCUT2D eigenvalue weighted by atomic mass is 32.2. The summed E-state index contributed by atoms with van der Waals surface area (Å²) in [5.41, 5.74) is -0.514. The van der Waals surface area contributed by atoms with Crippen LogP contribution in [0.4, 0.5) is 6.01 Å². The van der Waals surface area contributed by atoms with Gasteiger partial charge in [-0.25, -0.2) is 8.42 Å². The zero-order valence-corrected chi connectivity index (χ0v) is 12.1. The molecule has 0 amide bonds. The van der Waals surface area contributed by atoms with Crippen molar-refractivity contribution in [2.24, 2.45) is 0 Å². The molecule has 1 unspecified atom stereocenters. The molecule has 1 atom stereocenters. The van der Waals surface area contributed by atoms with Crippen LogP contribution in [0.25, 0.3) is 0 Å². The van der Waals surface area contributed by atoms with Crippen LogP contribution >= 0.6 is 0 Å². The maximum atomic E-state index is 11.5. The summed E-state index contributed by atoms with van der Waals surface area (Å²) in [6.07, 6.45) is 1.59. The van der Waals surface area contributed by atoms with Crippen LogP contribution in [-0.4, -0.2) is 42.2 Å². The second-order valence-corrected chi connectivity index (χ2v) is 7.39. The molecule has 0 aromatic carbocycles. The minimum absolute atomic E-state index is 0.103. The smallest absolute Gasteiger partial charge is 0.315 e. The Bertz CT molecular complexity index is 528. The van der Waals surface area contributed by atoms with Crippen LogP contribution in [0, 0.1) is 0 Å². The Labute approximate surface area is 113 Å². The van der Waals surface area contributed by atoms with Crippen LogP contribution in [0.3, 0.4) is 0 Å². The van der Waals surface area contributed by atoms with Crippen molar-refractivity contribution in [1.82, 2.24) is 15.5 Å². The lowest BCUT2D eigenvalue weighted by atomic mass is 10.0. The minimum atomic E-state index is -2.95. The molecule has 0 spiro atoms. The topological polar surface area (TPSA) is 97.1 Å². The predicted octanol–water partition coefficient (Wildman–Crippen LogP) is 0.558. The van der Waals surface area contributed by atoms with Gasteiger partial charge >= 0.3 is 6.01 Å². The average Bonchev–Trinajstić information content (AvgIpc) is 2.84. The summed E-state index contributed by atoms with van der Waals surface area (Å²) in [7, 11) is -2.95. The number of sulfone groups is 1. The number of hydrogen-bond acceptors (Lipinski definition) is 7. The molecule has 0 saturated carbocycles. The molecule has 108 valence electrons. The molecule has 1 saturated heterocycles. The van der Waals surface area contributed by atoms with E-state index >= 15 is 0 Å². The first-order chi connectivity index (χ1) is 8.92. The predicted molar refractivity (Wildman–Crippen MR) is 71.6 cm³/mol. The van der Waals surface area contributed by atoms with Gasteiger partial charge in [0.1, 0.15) is 0 Å². The second-order valence-electron chi connectivity index (χ2n) is 5.21. The highest BCUT2D eigenvalue weighted by Gasteiger charge is 2.39. The monoisotopic (exact) mass is 288 g/mol. The molecule has 1 aliphatic heterocycles. The molecule has 8 heteroatoms. The molecule has 0 aliphatic carbocycles. The van der Waals surface area contributed by atoms with Gasteiger partial charge < -0.3 is 15.1 Å². The van der Waals surface area contributed by atoms with Gasteiger partial charge in [0.15, 0.2) is 9.84 Å². The summed E-state index contributed by atoms with van der Waals surface area (Å²) in [6.45, 7) is 5.35. The Morgan fingerprint density at radius 2 is 2.21 bits per heavy atom. The van der Waals surface area contributed by atoms with Crippen molar-refractivity contribution in [1.29, 1.82) is 0 Å². The number of rotatable bonds is 6. The molecular formula is C11H20N4O3S. The lowest BCUT2D eigenvalue weighted by molar-refractivity contribution is 0.459. The molecule has 1 aromatic heterocycles. The second kappa shape index (κ2) is 5.46. The molecule has 2 heterocycles. The van der Waals surface area contributed by atoms with Crippen LogP contribution in [0.2, 0.25) is 0 Å². The van der Waals surface area contributed by atoms with E-state index in [0.717, 1.165) is 13.0 Å². The third-order valence-electron chi connectivity index (χ3n) is 3.08. The fourth-order valence-electron chi connectivity index (χ4n) is 2.11. The van der Waals surface area contributed by atoms with Gasteiger partial charge in [-0.05, 0) is 26.3 Å². The molecule has 1 aromatic rings. The third kappa shape index (κ3) is 3.90. The van der Waals surface area contributed by atoms with Crippen LogP contribution in [0.15, 0.2) is 4.42 Å². The van der Waals surface area contributed by atoms with E-state index in [0.29, 0.717) is 18.9 Å². The van der Waals surface area contributed by atoms with E-state index in [4.69, 9.17) is 4.42 Å². The Kier molecular flexibility index (Phi) is 4.10. The SMILES string of the molecule is CCCNCc1nnc(NC2(C)CCS(=O)(=O)C2)o1. The lowest BCUT2D eigenvalue weighted by Gasteiger charge is -2.21. The normalized spacial score (nSPS) is 25.6. The summed E-state index contributed by atoms with van der Waals surface area (Å²) >= 11 is 0. The maximum absolute atomic E-state index is 11.5. The number of anilines is 1. The first-order valence-corrected chi connectivity index (χ1v) is 8.26. The standard InChI is InChI=1S/C11H20N4O3S/c1-3-5-12-7-9-14-15-10(18-9)13-11(2)4-6-19(16,17)8-11/h12H,3-8H2,1-2H3,(H,13,15). The highest BCUT2D eigenvalue weighted by Crippen LogP contribution is 2.26. The Morgan fingerprint density at radius 3 is 2.84 bits per heavy atom. The largest absolute Gasteiger partial charge is 0.407 e. The molecule has 0 bridgehead atoms. The van der Waals surface area contributed by atoms with Gasteiger partial charge in [-0.1, -0.05) is 12.0 Å². The van der Waals surface area contributed by atoms with Gasteiger partial charge in [-0.3, -0.25) is 0 Å². The summed E-state index contributed by atoms with van der Waals surface area (Å²) in [6, 6.07) is 0.285. The first-order valence-electron chi connectivity index (χ1n) is 6.44. The summed E-state index contributed by atoms with van der Waals surface area (Å²) < 4.78 is 28.4. The van der Waals surface area contributed by atoms with Crippen molar-refractivity contribution in [3.63, 3.8) is 0 Å². The molecule has 2 N–H and O–H groups in total. The zero-order valence-electron chi connectivity index (χ0n) is 11.3. The van der Waals surface area contributed by atoms with Gasteiger partial charge in [0.25, 0.3) is 0 Å². The van der Waals surface area contributed by atoms with E-state index in [-0.39, 0.29) is 17.5 Å². The third-order valence-corrected chi connectivity index (χ3v) is 4.98. The van der Waals surface area contributed by atoms with Crippen molar-refractivity contribution in [3.8, 4) is 0 Å². The molecule has 1 aliphatic rings. The first kappa shape index (κ1) is 14.3. The summed E-state index contributed by atoms with van der Waals surface area (Å²) in [5, 5.41) is 14.0. The quantitative estimate of drug-likeness (QED) is 0.738. The Hall–Kier alpha value is -1.15. The molecule has 0 radical (unpaired) electrons. The van der Waals surface area contributed by atoms with Gasteiger partial charge in [0.05, 0.1) is 23.6 Å². The van der Waals surface area contributed by atoms with Crippen LogP contribution in [0.1, 0.15) is 32.6 Å². The Morgan fingerprint density at radius 1 is 1.42 bits per heavy atom. The van der Waals surface area contributed by atoms with E-state index in [1.807, 2.05) is 6.92 Å². The minimum Gasteiger partial charge on any atom is -0.407 e. The molecule has 7 nitrogen and oxygen atoms in total. The fraction of sp³-hybridized carbons (Fsp3) is 0.818. The molecule has 1 fully saturated rings. The van der Waals surface area contributed by atoms with Gasteiger partial charge in [-0.2, -0.15) is 0 Å². The average molecular weight is 288 g/mol. The molecule has 19 heavy (non-hydrogen) atoms. The summed E-state index contributed by atoms with van der Waals surface area (Å²) in [4.78, 5) is 0. The van der Waals surface area contributed by atoms with Crippen molar-refractivity contribution >= 4 is 15.9 Å². The van der Waals surface area contributed by atoms with E-state index in [2.05, 4.69) is 27.8 Å². The number of nitrogens with one attached hydrogen (secondary N) is 2. The fourth-order valence-corrected chi connectivity index (χ4v) is 4.21. The van der Waals surface area contributed by atoms with Crippen molar-refractivity contribution < 1.29 is 12.8 Å². The number of aromatic nitrogens is 2. The maximum Gasteiger partial charge on any atom is 0.315 e. The lowest BCUT2D eigenvalue weighted by Crippen LogP contribution is -2.36. The van der Waals surface area contributed by atoms with Gasteiger partial charge in [-0.15, -0.1) is 5.10 Å². The molecular weight excluding hydrogens is 268 g/mol. The van der Waals surface area contributed by atoms with Crippen molar-refractivity contribution in [2.75, 3.05) is 23.4 Å². The van der Waals surface area contributed by atoms with E-state index in [1.54, 1.807) is 0 Å². The number of nitrogens with zero attached hydrogens (tertiary/aromatic N) is 2. The van der Waals surface area contributed by atoms with Crippen LogP contribution in [0.5, 0.6) is 0 Å². The van der Waals surface area contributed by atoms with Gasteiger partial charge in [0.2, 0.25) is 5.89 Å². The Balaban J connectivity index is 1.93. The highest BCUT2D eigenvalue weighted by molar-refractivity contribution is 7.91. The summed E-state index contributed by atoms with van der Waals surface area (Å²) in [5.74, 6) is 0.807. The van der Waals surface area contributed by atoms with E-state index < -0.39 is 15.4 Å². The van der Waals surface area contributed by atoms with Crippen molar-refractivity contribution in [2.45, 2.75) is 38.8 Å². The van der Waals surface area contributed by atoms with Crippen LogP contribution < -0.4 is 10.6 Å². The zero-order chi connectivity index (χ0) is 13.9. The number of hydrogen-bond donors (Lipinski definition) is 2. The van der Waals surface area contributed by atoms with E-state index in [9.17, 15) is 8.42 Å². The van der Waals surface area contributed by atoms with Gasteiger partial charge in [0, 0.05) is 0 Å².